The Labute approximate surface area is 43.2 Å². The maximum atomic E-state index is 1.87. The van der Waals surface area contributed by atoms with Crippen molar-refractivity contribution in [1.29, 1.82) is 0 Å². The van der Waals surface area contributed by atoms with Crippen LogP contribution < -0.4 is 0 Å². The molecule has 0 bridgehead atoms. The second-order valence-corrected chi connectivity index (χ2v) is 3.11. The smallest absolute Gasteiger partial charge is 0.00998 e. The topological polar surface area (TPSA) is 0 Å². The molecule has 0 heteroatoms. The predicted molar refractivity (Wildman–Crippen MR) is 27.9 cm³/mol. The quantitative estimate of drug-likeness (QED) is 0.399. The highest BCUT2D eigenvalue weighted by molar-refractivity contribution is 5.46. The van der Waals surface area contributed by atoms with Crippen molar-refractivity contribution in [3.05, 3.63) is 11.1 Å². The molecule has 1 fully saturated rings. The lowest BCUT2D eigenvalue weighted by Gasteiger charge is -1.85. The van der Waals surface area contributed by atoms with Gasteiger partial charge in [-0.3, -0.25) is 0 Å². The van der Waals surface area contributed by atoms with E-state index in [-0.39, 0.29) is 0 Å². The van der Waals surface area contributed by atoms with Gasteiger partial charge in [-0.05, 0) is 31.1 Å². The van der Waals surface area contributed by atoms with Crippen LogP contribution in [0, 0.1) is 11.8 Å². The normalized spacial score (nSPS) is 51.4. The summed E-state index contributed by atoms with van der Waals surface area (Å²) in [5, 5.41) is 0. The van der Waals surface area contributed by atoms with E-state index in [4.69, 9.17) is 0 Å². The first kappa shape index (κ1) is 2.91. The van der Waals surface area contributed by atoms with Crippen LogP contribution in [0.3, 0.4) is 0 Å². The molecule has 7 heavy (non-hydrogen) atoms. The van der Waals surface area contributed by atoms with E-state index in [0.717, 1.165) is 5.92 Å². The summed E-state index contributed by atoms with van der Waals surface area (Å²) in [5.41, 5.74) is 3.70. The summed E-state index contributed by atoms with van der Waals surface area (Å²) in [6.45, 7) is 0. The molecule has 0 amide bonds. The van der Waals surface area contributed by atoms with E-state index in [2.05, 4.69) is 0 Å². The fraction of sp³-hybridized carbons (Fsp3) is 0.714. The van der Waals surface area contributed by atoms with E-state index in [0.29, 0.717) is 0 Å². The Balaban J connectivity index is 2.16. The van der Waals surface area contributed by atoms with Crippen molar-refractivity contribution >= 4 is 0 Å². The van der Waals surface area contributed by atoms with Gasteiger partial charge in [-0.2, -0.15) is 0 Å². The van der Waals surface area contributed by atoms with Gasteiger partial charge < -0.3 is 0 Å². The Morgan fingerprint density at radius 3 is 2.86 bits per heavy atom. The lowest BCUT2D eigenvalue weighted by molar-refractivity contribution is 0.787. The molecule has 0 aromatic carbocycles. The zero-order valence-corrected chi connectivity index (χ0v) is 4.28. The van der Waals surface area contributed by atoms with E-state index in [1.165, 1.54) is 18.8 Å². The van der Waals surface area contributed by atoms with Crippen LogP contribution in [0.15, 0.2) is 11.1 Å². The summed E-state index contributed by atoms with van der Waals surface area (Å²) in [6, 6.07) is 0. The van der Waals surface area contributed by atoms with E-state index in [9.17, 15) is 0 Å². The molecule has 0 nitrogen and oxygen atoms in total. The molecule has 0 N–H and O–H groups in total. The lowest BCUT2D eigenvalue weighted by atomic mass is 10.2. The third-order valence-corrected chi connectivity index (χ3v) is 2.61. The molecule has 36 valence electrons. The number of hydrogen-bond donors (Lipinski definition) is 0. The second-order valence-electron chi connectivity index (χ2n) is 3.11. The molecule has 3 aliphatic rings. The number of allylic oxidation sites excluding steroid dienone is 2. The highest BCUT2D eigenvalue weighted by atomic mass is 14.6. The molecule has 0 aliphatic heterocycles. The molecule has 1 saturated carbocycles. The first-order valence-corrected chi connectivity index (χ1v) is 3.16. The van der Waals surface area contributed by atoms with Crippen molar-refractivity contribution in [2.45, 2.75) is 19.3 Å². The van der Waals surface area contributed by atoms with E-state index >= 15 is 0 Å². The van der Waals surface area contributed by atoms with Crippen molar-refractivity contribution in [2.75, 3.05) is 0 Å². The largest absolute Gasteiger partial charge is 0.0660 e. The monoisotopic (exact) mass is 92.1 g/mol. The van der Waals surface area contributed by atoms with Crippen molar-refractivity contribution in [3.63, 3.8) is 0 Å². The molecule has 2 atom stereocenters. The Bertz CT molecular complexity index is 165. The summed E-state index contributed by atoms with van der Waals surface area (Å²) < 4.78 is 0. The van der Waals surface area contributed by atoms with Crippen LogP contribution in [0.4, 0.5) is 0 Å². The molecule has 2 unspecified atom stereocenters. The summed E-state index contributed by atoms with van der Waals surface area (Å²) in [7, 11) is 0. The van der Waals surface area contributed by atoms with Crippen LogP contribution in [0.1, 0.15) is 19.3 Å². The van der Waals surface area contributed by atoms with Gasteiger partial charge in [0.25, 0.3) is 0 Å². The van der Waals surface area contributed by atoms with Gasteiger partial charge in [0, 0.05) is 0 Å². The first-order chi connectivity index (χ1) is 3.45. The molecule has 0 aromatic heterocycles. The van der Waals surface area contributed by atoms with Gasteiger partial charge in [0.15, 0.2) is 0 Å². The van der Waals surface area contributed by atoms with E-state index in [1.54, 1.807) is 6.42 Å². The summed E-state index contributed by atoms with van der Waals surface area (Å²) in [6.07, 6.45) is 4.50. The van der Waals surface area contributed by atoms with Crippen LogP contribution in [-0.2, 0) is 0 Å². The third-order valence-electron chi connectivity index (χ3n) is 2.61. The van der Waals surface area contributed by atoms with Crippen molar-refractivity contribution in [1.82, 2.24) is 0 Å². The second kappa shape index (κ2) is 0.594. The average molecular weight is 92.1 g/mol. The molecule has 0 aromatic rings. The first-order valence-electron chi connectivity index (χ1n) is 3.16. The van der Waals surface area contributed by atoms with Crippen LogP contribution >= 0.6 is 0 Å². The fourth-order valence-corrected chi connectivity index (χ4v) is 2.00. The minimum absolute atomic E-state index is 1.13. The Hall–Kier alpha value is -0.260. The zero-order valence-electron chi connectivity index (χ0n) is 4.28. The van der Waals surface area contributed by atoms with E-state index < -0.39 is 0 Å². The van der Waals surface area contributed by atoms with Gasteiger partial charge in [0.05, 0.1) is 0 Å². The standard InChI is InChI=1S/C7H8/c1-4-2-6(4)7-3-5(1)7/h4,6H,1-3H2. The fourth-order valence-electron chi connectivity index (χ4n) is 2.00. The summed E-state index contributed by atoms with van der Waals surface area (Å²) in [5.74, 6) is 2.30. The summed E-state index contributed by atoms with van der Waals surface area (Å²) >= 11 is 0. The Kier molecular flexibility index (Phi) is 0.247. The predicted octanol–water partition coefficient (Wildman–Crippen LogP) is 1.73. The summed E-state index contributed by atoms with van der Waals surface area (Å²) in [4.78, 5) is 0. The zero-order chi connectivity index (χ0) is 4.43. The van der Waals surface area contributed by atoms with Crippen LogP contribution in [-0.4, -0.2) is 0 Å². The highest BCUT2D eigenvalue weighted by Crippen LogP contribution is 2.64. The lowest BCUT2D eigenvalue weighted by Crippen LogP contribution is -1.74. The minimum Gasteiger partial charge on any atom is -0.0660 e. The minimum atomic E-state index is 1.13. The van der Waals surface area contributed by atoms with Gasteiger partial charge in [-0.25, -0.2) is 0 Å². The van der Waals surface area contributed by atoms with Gasteiger partial charge in [-0.1, -0.05) is 11.1 Å². The maximum absolute atomic E-state index is 1.87. The average Bonchev–Trinajstić information content (AvgIpc) is 2.47. The van der Waals surface area contributed by atoms with Crippen LogP contribution in [0.25, 0.3) is 0 Å². The number of fused-ring (bicyclic) bond motifs is 2. The van der Waals surface area contributed by atoms with Crippen molar-refractivity contribution in [3.8, 4) is 0 Å². The molecular weight excluding hydrogens is 84.1 g/mol. The number of hydrogen-bond acceptors (Lipinski definition) is 0. The van der Waals surface area contributed by atoms with Gasteiger partial charge in [-0.15, -0.1) is 0 Å². The van der Waals surface area contributed by atoms with Gasteiger partial charge >= 0.3 is 0 Å². The van der Waals surface area contributed by atoms with Crippen LogP contribution in [0.2, 0.25) is 0 Å². The molecule has 0 heterocycles. The van der Waals surface area contributed by atoms with Crippen molar-refractivity contribution < 1.29 is 0 Å². The highest BCUT2D eigenvalue weighted by Gasteiger charge is 2.52. The van der Waals surface area contributed by atoms with E-state index in [1.807, 2.05) is 11.1 Å². The number of rotatable bonds is 0. The third kappa shape index (κ3) is 0.206. The van der Waals surface area contributed by atoms with Gasteiger partial charge in [0.2, 0.25) is 0 Å². The van der Waals surface area contributed by atoms with Gasteiger partial charge in [0.1, 0.15) is 0 Å². The molecular formula is C7H8. The van der Waals surface area contributed by atoms with Crippen LogP contribution in [0.5, 0.6) is 0 Å². The molecule has 0 spiro atoms. The maximum Gasteiger partial charge on any atom is -0.00998 e. The molecule has 0 saturated heterocycles. The molecule has 3 rings (SSSR count). The van der Waals surface area contributed by atoms with Crippen molar-refractivity contribution in [2.24, 2.45) is 11.8 Å². The SMILES string of the molecule is C1C2=C1C1CC1C2. The molecule has 3 aliphatic carbocycles. The molecule has 0 radical (unpaired) electrons. The Morgan fingerprint density at radius 2 is 2.43 bits per heavy atom. The Morgan fingerprint density at radius 1 is 1.43 bits per heavy atom.